The molecule has 2 unspecified atom stereocenters. The lowest BCUT2D eigenvalue weighted by Gasteiger charge is -2.27. The molecule has 0 saturated carbocycles. The molecule has 0 aromatic heterocycles. The van der Waals surface area contributed by atoms with Crippen LogP contribution in [0, 0.1) is 12.8 Å². The van der Waals surface area contributed by atoms with Crippen LogP contribution in [-0.2, 0) is 11.2 Å². The fourth-order valence-corrected chi connectivity index (χ4v) is 2.36. The number of hydrogen-bond acceptors (Lipinski definition) is 3. The van der Waals surface area contributed by atoms with Crippen LogP contribution in [0.1, 0.15) is 25.0 Å². The minimum Gasteiger partial charge on any atom is -0.387 e. The van der Waals surface area contributed by atoms with Gasteiger partial charge < -0.3 is 15.3 Å². The zero-order chi connectivity index (χ0) is 16.0. The SMILES string of the molecule is Cc1ccc(CC(C)C(=O)NCC(C)(O)CN(C)C)cc1. The number of carbonyl (C=O) groups is 1. The second-order valence-corrected chi connectivity index (χ2v) is 6.54. The molecular formula is C17H28N2O2. The molecule has 0 saturated heterocycles. The molecule has 0 fully saturated rings. The smallest absolute Gasteiger partial charge is 0.223 e. The molecule has 2 N–H and O–H groups in total. The van der Waals surface area contributed by atoms with Crippen LogP contribution < -0.4 is 5.32 Å². The standard InChI is InChI=1S/C17H28N2O2/c1-13-6-8-15(9-7-13)10-14(2)16(20)18-11-17(3,21)12-19(4)5/h6-9,14,21H,10-12H2,1-5H3,(H,18,20). The third-order valence-corrected chi connectivity index (χ3v) is 3.41. The Morgan fingerprint density at radius 2 is 1.90 bits per heavy atom. The number of benzene rings is 1. The third kappa shape index (κ3) is 6.74. The summed E-state index contributed by atoms with van der Waals surface area (Å²) in [6.07, 6.45) is 0.710. The number of amides is 1. The Balaban J connectivity index is 2.46. The van der Waals surface area contributed by atoms with Crippen molar-refractivity contribution in [1.82, 2.24) is 10.2 Å². The van der Waals surface area contributed by atoms with E-state index in [-0.39, 0.29) is 18.4 Å². The van der Waals surface area contributed by atoms with Gasteiger partial charge in [0.05, 0.1) is 5.60 Å². The lowest BCUT2D eigenvalue weighted by Crippen LogP contribution is -2.48. The fraction of sp³-hybridized carbons (Fsp3) is 0.588. The number of aliphatic hydroxyl groups is 1. The molecule has 1 rings (SSSR count). The summed E-state index contributed by atoms with van der Waals surface area (Å²) >= 11 is 0. The van der Waals surface area contributed by atoms with Gasteiger partial charge in [0.2, 0.25) is 5.91 Å². The van der Waals surface area contributed by atoms with Crippen LogP contribution in [-0.4, -0.2) is 48.7 Å². The Labute approximate surface area is 128 Å². The van der Waals surface area contributed by atoms with Crippen LogP contribution >= 0.6 is 0 Å². The number of aryl methyl sites for hydroxylation is 1. The van der Waals surface area contributed by atoms with E-state index in [4.69, 9.17) is 0 Å². The van der Waals surface area contributed by atoms with Gasteiger partial charge in [0.1, 0.15) is 0 Å². The van der Waals surface area contributed by atoms with Gasteiger partial charge in [-0.15, -0.1) is 0 Å². The lowest BCUT2D eigenvalue weighted by molar-refractivity contribution is -0.125. The molecule has 0 radical (unpaired) electrons. The first-order valence-electron chi connectivity index (χ1n) is 7.40. The molecule has 4 nitrogen and oxygen atoms in total. The highest BCUT2D eigenvalue weighted by atomic mass is 16.3. The molecular weight excluding hydrogens is 264 g/mol. The largest absolute Gasteiger partial charge is 0.387 e. The Kier molecular flexibility index (Phi) is 6.37. The average Bonchev–Trinajstić information content (AvgIpc) is 2.37. The number of nitrogens with one attached hydrogen (secondary N) is 1. The van der Waals surface area contributed by atoms with Crippen molar-refractivity contribution in [3.05, 3.63) is 35.4 Å². The van der Waals surface area contributed by atoms with Crippen LogP contribution in [0.15, 0.2) is 24.3 Å². The zero-order valence-corrected chi connectivity index (χ0v) is 13.8. The van der Waals surface area contributed by atoms with Gasteiger partial charge in [0.25, 0.3) is 0 Å². The maximum absolute atomic E-state index is 12.1. The molecule has 0 spiro atoms. The molecule has 0 aliphatic carbocycles. The summed E-state index contributed by atoms with van der Waals surface area (Å²) in [6, 6.07) is 8.23. The first kappa shape index (κ1) is 17.7. The second-order valence-electron chi connectivity index (χ2n) is 6.54. The van der Waals surface area contributed by atoms with Crippen molar-refractivity contribution in [2.75, 3.05) is 27.2 Å². The molecule has 1 amide bonds. The van der Waals surface area contributed by atoms with Crippen molar-refractivity contribution in [3.63, 3.8) is 0 Å². The monoisotopic (exact) mass is 292 g/mol. The van der Waals surface area contributed by atoms with E-state index >= 15 is 0 Å². The van der Waals surface area contributed by atoms with E-state index in [1.807, 2.05) is 32.8 Å². The number of likely N-dealkylation sites (N-methyl/N-ethyl adjacent to an activating group) is 1. The van der Waals surface area contributed by atoms with E-state index in [1.54, 1.807) is 6.92 Å². The fourth-order valence-electron chi connectivity index (χ4n) is 2.36. The van der Waals surface area contributed by atoms with Crippen molar-refractivity contribution in [2.45, 2.75) is 32.8 Å². The second kappa shape index (κ2) is 7.57. The third-order valence-electron chi connectivity index (χ3n) is 3.41. The van der Waals surface area contributed by atoms with Gasteiger partial charge >= 0.3 is 0 Å². The Morgan fingerprint density at radius 1 is 1.33 bits per heavy atom. The van der Waals surface area contributed by atoms with Gasteiger partial charge in [-0.1, -0.05) is 36.8 Å². The van der Waals surface area contributed by atoms with Crippen molar-refractivity contribution in [1.29, 1.82) is 0 Å². The van der Waals surface area contributed by atoms with E-state index in [2.05, 4.69) is 29.6 Å². The molecule has 4 heteroatoms. The van der Waals surface area contributed by atoms with Gasteiger partial charge in [0.15, 0.2) is 0 Å². The summed E-state index contributed by atoms with van der Waals surface area (Å²) in [6.45, 7) is 6.47. The molecule has 1 aromatic rings. The van der Waals surface area contributed by atoms with Crippen LogP contribution in [0.3, 0.4) is 0 Å². The highest BCUT2D eigenvalue weighted by molar-refractivity contribution is 5.78. The summed E-state index contributed by atoms with van der Waals surface area (Å²) in [5.41, 5.74) is 1.46. The summed E-state index contributed by atoms with van der Waals surface area (Å²) in [7, 11) is 3.80. The summed E-state index contributed by atoms with van der Waals surface area (Å²) in [5, 5.41) is 13.0. The molecule has 21 heavy (non-hydrogen) atoms. The predicted octanol–water partition coefficient (Wildman–Crippen LogP) is 1.60. The van der Waals surface area contributed by atoms with Gasteiger partial charge in [-0.2, -0.15) is 0 Å². The van der Waals surface area contributed by atoms with E-state index in [0.717, 1.165) is 5.56 Å². The summed E-state index contributed by atoms with van der Waals surface area (Å²) in [4.78, 5) is 14.0. The normalized spacial score (nSPS) is 15.6. The lowest BCUT2D eigenvalue weighted by atomic mass is 9.99. The highest BCUT2D eigenvalue weighted by Crippen LogP contribution is 2.11. The van der Waals surface area contributed by atoms with Gasteiger partial charge in [-0.3, -0.25) is 4.79 Å². The summed E-state index contributed by atoms with van der Waals surface area (Å²) in [5.74, 6) is -0.127. The maximum atomic E-state index is 12.1. The molecule has 118 valence electrons. The molecule has 0 heterocycles. The van der Waals surface area contributed by atoms with Crippen LogP contribution in [0.4, 0.5) is 0 Å². The Morgan fingerprint density at radius 3 is 2.43 bits per heavy atom. The molecule has 0 aliphatic heterocycles. The van der Waals surface area contributed by atoms with Crippen LogP contribution in [0.5, 0.6) is 0 Å². The van der Waals surface area contributed by atoms with Crippen molar-refractivity contribution < 1.29 is 9.90 Å². The molecule has 0 bridgehead atoms. The summed E-state index contributed by atoms with van der Waals surface area (Å²) < 4.78 is 0. The van der Waals surface area contributed by atoms with Crippen LogP contribution in [0.25, 0.3) is 0 Å². The van der Waals surface area contributed by atoms with Crippen molar-refractivity contribution >= 4 is 5.91 Å². The Bertz CT molecular complexity index is 452. The molecule has 1 aromatic carbocycles. The number of hydrogen-bond donors (Lipinski definition) is 2. The first-order chi connectivity index (χ1) is 9.69. The number of rotatable bonds is 7. The molecule has 2 atom stereocenters. The van der Waals surface area contributed by atoms with Crippen molar-refractivity contribution in [3.8, 4) is 0 Å². The number of carbonyl (C=O) groups excluding carboxylic acids is 1. The first-order valence-corrected chi connectivity index (χ1v) is 7.40. The van der Waals surface area contributed by atoms with E-state index < -0.39 is 5.60 Å². The predicted molar refractivity (Wildman–Crippen MR) is 86.2 cm³/mol. The highest BCUT2D eigenvalue weighted by Gasteiger charge is 2.23. The maximum Gasteiger partial charge on any atom is 0.223 e. The number of nitrogens with zero attached hydrogens (tertiary/aromatic N) is 1. The minimum absolute atomic E-state index is 0.0189. The van der Waals surface area contributed by atoms with E-state index in [1.165, 1.54) is 5.56 Å². The zero-order valence-electron chi connectivity index (χ0n) is 13.8. The quantitative estimate of drug-likeness (QED) is 0.802. The average molecular weight is 292 g/mol. The topological polar surface area (TPSA) is 52.6 Å². The molecule has 0 aliphatic rings. The van der Waals surface area contributed by atoms with E-state index in [0.29, 0.717) is 13.0 Å². The minimum atomic E-state index is -0.914. The van der Waals surface area contributed by atoms with Gasteiger partial charge in [-0.25, -0.2) is 0 Å². The van der Waals surface area contributed by atoms with E-state index in [9.17, 15) is 9.90 Å². The van der Waals surface area contributed by atoms with Crippen molar-refractivity contribution in [2.24, 2.45) is 5.92 Å². The Hall–Kier alpha value is -1.39. The van der Waals surface area contributed by atoms with Gasteiger partial charge in [0, 0.05) is 19.0 Å². The van der Waals surface area contributed by atoms with Gasteiger partial charge in [-0.05, 0) is 39.9 Å². The van der Waals surface area contributed by atoms with Crippen LogP contribution in [0.2, 0.25) is 0 Å².